The maximum Gasteiger partial charge on any atom is 0.407 e. The average molecular weight is 481 g/mol. The molecule has 2 atom stereocenters. The van der Waals surface area contributed by atoms with Crippen molar-refractivity contribution in [1.82, 2.24) is 10.6 Å². The van der Waals surface area contributed by atoms with E-state index in [-0.39, 0.29) is 25.6 Å². The number of alkyl carbamates (subject to hydrolysis) is 1. The number of carboxylic acid groups (broad SMARTS) is 1. The Hall–Kier alpha value is -3.65. The first kappa shape index (κ1) is 26.0. The summed E-state index contributed by atoms with van der Waals surface area (Å²) in [5, 5.41) is 14.4. The SMILES string of the molecule is C=CCC(NC(=O)OCC1c2ccccc2-c2ccccc21)C(=O)N[C@@H](COC(C)(C)C)C(=O)O. The monoisotopic (exact) mass is 480 g/mol. The average Bonchev–Trinajstić information content (AvgIpc) is 3.13. The Bertz CT molecular complexity index is 1050. The van der Waals surface area contributed by atoms with E-state index >= 15 is 0 Å². The van der Waals surface area contributed by atoms with Gasteiger partial charge < -0.3 is 25.2 Å². The van der Waals surface area contributed by atoms with Gasteiger partial charge in [-0.25, -0.2) is 9.59 Å². The molecule has 0 radical (unpaired) electrons. The second kappa shape index (κ2) is 11.2. The predicted molar refractivity (Wildman–Crippen MR) is 132 cm³/mol. The van der Waals surface area contributed by atoms with Crippen LogP contribution in [0.15, 0.2) is 61.2 Å². The molecule has 2 aromatic rings. The first-order chi connectivity index (χ1) is 16.6. The van der Waals surface area contributed by atoms with Gasteiger partial charge in [0.05, 0.1) is 12.2 Å². The highest BCUT2D eigenvalue weighted by Gasteiger charge is 2.31. The van der Waals surface area contributed by atoms with Crippen LogP contribution in [0.25, 0.3) is 11.1 Å². The lowest BCUT2D eigenvalue weighted by molar-refractivity contribution is -0.145. The summed E-state index contributed by atoms with van der Waals surface area (Å²) in [7, 11) is 0. The first-order valence-electron chi connectivity index (χ1n) is 11.5. The molecule has 0 fully saturated rings. The fraction of sp³-hybridized carbons (Fsp3) is 0.370. The minimum Gasteiger partial charge on any atom is -0.480 e. The van der Waals surface area contributed by atoms with E-state index < -0.39 is 35.7 Å². The summed E-state index contributed by atoms with van der Waals surface area (Å²) < 4.78 is 11.0. The number of hydrogen-bond acceptors (Lipinski definition) is 5. The van der Waals surface area contributed by atoms with Crippen LogP contribution in [0.5, 0.6) is 0 Å². The number of amides is 2. The van der Waals surface area contributed by atoms with Gasteiger partial charge in [0, 0.05) is 5.92 Å². The summed E-state index contributed by atoms with van der Waals surface area (Å²) in [5.41, 5.74) is 3.80. The molecule has 35 heavy (non-hydrogen) atoms. The molecule has 0 spiro atoms. The molecule has 0 heterocycles. The van der Waals surface area contributed by atoms with Gasteiger partial charge in [0.25, 0.3) is 0 Å². The molecular formula is C27H32N2O6. The van der Waals surface area contributed by atoms with E-state index in [9.17, 15) is 19.5 Å². The quantitative estimate of drug-likeness (QED) is 0.445. The van der Waals surface area contributed by atoms with E-state index in [0.29, 0.717) is 0 Å². The van der Waals surface area contributed by atoms with Crippen molar-refractivity contribution >= 4 is 18.0 Å². The van der Waals surface area contributed by atoms with Crippen molar-refractivity contribution in [1.29, 1.82) is 0 Å². The van der Waals surface area contributed by atoms with Gasteiger partial charge in [-0.2, -0.15) is 0 Å². The van der Waals surface area contributed by atoms with Crippen molar-refractivity contribution in [3.63, 3.8) is 0 Å². The molecule has 1 aliphatic rings. The van der Waals surface area contributed by atoms with Crippen LogP contribution in [-0.2, 0) is 19.1 Å². The molecule has 2 aromatic carbocycles. The number of ether oxygens (including phenoxy) is 2. The molecule has 0 saturated carbocycles. The fourth-order valence-corrected chi connectivity index (χ4v) is 3.96. The number of fused-ring (bicyclic) bond motifs is 3. The minimum absolute atomic E-state index is 0.0967. The molecule has 3 N–H and O–H groups in total. The zero-order valence-corrected chi connectivity index (χ0v) is 20.2. The lowest BCUT2D eigenvalue weighted by Gasteiger charge is -2.24. The van der Waals surface area contributed by atoms with E-state index in [0.717, 1.165) is 22.3 Å². The molecular weight excluding hydrogens is 448 g/mol. The van der Waals surface area contributed by atoms with E-state index in [1.165, 1.54) is 6.08 Å². The van der Waals surface area contributed by atoms with Crippen molar-refractivity contribution in [2.24, 2.45) is 0 Å². The number of carbonyl (C=O) groups is 3. The Morgan fingerprint density at radius 2 is 1.57 bits per heavy atom. The number of carboxylic acids is 1. The molecule has 1 unspecified atom stereocenters. The third-order valence-electron chi connectivity index (χ3n) is 5.65. The lowest BCUT2D eigenvalue weighted by atomic mass is 9.98. The highest BCUT2D eigenvalue weighted by molar-refractivity contribution is 5.89. The zero-order valence-electron chi connectivity index (χ0n) is 20.2. The van der Waals surface area contributed by atoms with E-state index in [2.05, 4.69) is 17.2 Å². The van der Waals surface area contributed by atoms with E-state index in [1.807, 2.05) is 48.5 Å². The predicted octanol–water partition coefficient (Wildman–Crippen LogP) is 3.85. The Morgan fingerprint density at radius 3 is 2.09 bits per heavy atom. The summed E-state index contributed by atoms with van der Waals surface area (Å²) in [5.74, 6) is -2.02. The number of nitrogens with one attached hydrogen (secondary N) is 2. The summed E-state index contributed by atoms with van der Waals surface area (Å²) in [6, 6.07) is 13.7. The van der Waals surface area contributed by atoms with Gasteiger partial charge in [-0.3, -0.25) is 4.79 Å². The number of rotatable bonds is 10. The first-order valence-corrected chi connectivity index (χ1v) is 11.5. The number of carbonyl (C=O) groups excluding carboxylic acids is 2. The molecule has 2 amide bonds. The van der Waals surface area contributed by atoms with Crippen LogP contribution >= 0.6 is 0 Å². The van der Waals surface area contributed by atoms with Crippen LogP contribution in [0, 0.1) is 0 Å². The molecule has 8 heteroatoms. The van der Waals surface area contributed by atoms with Crippen LogP contribution in [0.1, 0.15) is 44.2 Å². The fourth-order valence-electron chi connectivity index (χ4n) is 3.96. The number of hydrogen-bond donors (Lipinski definition) is 3. The van der Waals surface area contributed by atoms with Crippen molar-refractivity contribution in [2.45, 2.75) is 50.8 Å². The zero-order chi connectivity index (χ0) is 25.6. The van der Waals surface area contributed by atoms with Crippen LogP contribution in [-0.4, -0.2) is 54.0 Å². The molecule has 8 nitrogen and oxygen atoms in total. The normalized spacial score (nSPS) is 14.3. The Balaban J connectivity index is 1.62. The van der Waals surface area contributed by atoms with Gasteiger partial charge in [0.1, 0.15) is 12.6 Å². The number of aliphatic carboxylic acids is 1. The third-order valence-corrected chi connectivity index (χ3v) is 5.65. The van der Waals surface area contributed by atoms with Gasteiger partial charge in [0.15, 0.2) is 6.04 Å². The van der Waals surface area contributed by atoms with Crippen molar-refractivity contribution in [3.05, 3.63) is 72.3 Å². The maximum absolute atomic E-state index is 12.7. The molecule has 3 rings (SSSR count). The standard InChI is InChI=1S/C27H32N2O6/c1-5-10-22(24(30)28-23(25(31)32)16-35-27(2,3)4)29-26(33)34-15-21-19-13-8-6-11-17(19)18-12-7-9-14-20(18)21/h5-9,11-14,21-23H,1,10,15-16H2,2-4H3,(H,28,30)(H,29,33)(H,31,32)/t22?,23-/m0/s1. The Labute approximate surface area is 205 Å². The summed E-state index contributed by atoms with van der Waals surface area (Å²) in [6.07, 6.45) is 0.796. The number of benzene rings is 2. The van der Waals surface area contributed by atoms with Crippen LogP contribution in [0.2, 0.25) is 0 Å². The minimum atomic E-state index is -1.27. The van der Waals surface area contributed by atoms with Gasteiger partial charge in [0.2, 0.25) is 5.91 Å². The van der Waals surface area contributed by atoms with Crippen LogP contribution in [0.4, 0.5) is 4.79 Å². The highest BCUT2D eigenvalue weighted by atomic mass is 16.5. The van der Waals surface area contributed by atoms with Crippen molar-refractivity contribution in [2.75, 3.05) is 13.2 Å². The molecule has 0 saturated heterocycles. The lowest BCUT2D eigenvalue weighted by Crippen LogP contribution is -2.53. The second-order valence-electron chi connectivity index (χ2n) is 9.37. The smallest absolute Gasteiger partial charge is 0.407 e. The van der Waals surface area contributed by atoms with Gasteiger partial charge in [-0.05, 0) is 49.4 Å². The second-order valence-corrected chi connectivity index (χ2v) is 9.37. The van der Waals surface area contributed by atoms with E-state index in [1.54, 1.807) is 20.8 Å². The van der Waals surface area contributed by atoms with Crippen LogP contribution in [0.3, 0.4) is 0 Å². The summed E-state index contributed by atoms with van der Waals surface area (Å²) in [6.45, 7) is 8.86. The topological polar surface area (TPSA) is 114 Å². The largest absolute Gasteiger partial charge is 0.480 e. The van der Waals surface area contributed by atoms with Gasteiger partial charge in [-0.1, -0.05) is 54.6 Å². The molecule has 1 aliphatic carbocycles. The van der Waals surface area contributed by atoms with E-state index in [4.69, 9.17) is 9.47 Å². The summed E-state index contributed by atoms with van der Waals surface area (Å²) >= 11 is 0. The highest BCUT2D eigenvalue weighted by Crippen LogP contribution is 2.44. The van der Waals surface area contributed by atoms with Crippen molar-refractivity contribution < 1.29 is 29.0 Å². The molecule has 186 valence electrons. The summed E-state index contributed by atoms with van der Waals surface area (Å²) in [4.78, 5) is 36.9. The molecule has 0 bridgehead atoms. The Kier molecular flexibility index (Phi) is 8.30. The van der Waals surface area contributed by atoms with Crippen LogP contribution < -0.4 is 10.6 Å². The van der Waals surface area contributed by atoms with Gasteiger partial charge >= 0.3 is 12.1 Å². The third kappa shape index (κ3) is 6.70. The maximum atomic E-state index is 12.7. The Morgan fingerprint density at radius 1 is 1.00 bits per heavy atom. The molecule has 0 aromatic heterocycles. The molecule has 0 aliphatic heterocycles. The van der Waals surface area contributed by atoms with Gasteiger partial charge in [-0.15, -0.1) is 6.58 Å². The van der Waals surface area contributed by atoms with Crippen molar-refractivity contribution in [3.8, 4) is 11.1 Å².